The third kappa shape index (κ3) is 6.79. The Kier molecular flexibility index (Phi) is 9.10. The maximum atomic E-state index is 12.4. The number of rotatable bonds is 9. The second kappa shape index (κ2) is 11.1. The lowest BCUT2D eigenvalue weighted by molar-refractivity contribution is -0.127. The van der Waals surface area contributed by atoms with Crippen LogP contribution in [0.4, 0.5) is 0 Å². The van der Waals surface area contributed by atoms with E-state index in [-0.39, 0.29) is 5.91 Å². The first kappa shape index (κ1) is 22.2. The first-order chi connectivity index (χ1) is 12.9. The lowest BCUT2D eigenvalue weighted by Gasteiger charge is -2.18. The molecular formula is C20H22Cl3NO2S. The standard InChI is InChI=1S/C20H22Cl3NO2S/c1-3-19(26-14-7-8-16(21)13(2)11-14)20(25)24-9-10-27-12-15-17(22)5-4-6-18(15)23/h4-8,11,19H,3,9-10,12H2,1-2H3,(H,24,25). The summed E-state index contributed by atoms with van der Waals surface area (Å²) < 4.78 is 5.81. The third-order valence-corrected chi connectivity index (χ3v) is 6.04. The van der Waals surface area contributed by atoms with E-state index in [1.807, 2.05) is 38.1 Å². The monoisotopic (exact) mass is 445 g/mol. The van der Waals surface area contributed by atoms with Gasteiger partial charge in [-0.3, -0.25) is 4.79 Å². The Bertz CT molecular complexity index is 766. The minimum atomic E-state index is -0.534. The van der Waals surface area contributed by atoms with Crippen molar-refractivity contribution >= 4 is 52.5 Å². The fourth-order valence-corrected chi connectivity index (χ4v) is 4.09. The highest BCUT2D eigenvalue weighted by atomic mass is 35.5. The zero-order valence-corrected chi connectivity index (χ0v) is 18.3. The molecule has 0 heterocycles. The minimum Gasteiger partial charge on any atom is -0.481 e. The van der Waals surface area contributed by atoms with Crippen LogP contribution < -0.4 is 10.1 Å². The summed E-state index contributed by atoms with van der Waals surface area (Å²) in [5, 5.41) is 4.92. The Hall–Kier alpha value is -1.07. The summed E-state index contributed by atoms with van der Waals surface area (Å²) in [5.41, 5.74) is 1.84. The van der Waals surface area contributed by atoms with E-state index in [0.29, 0.717) is 39.5 Å². The number of hydrogen-bond donors (Lipinski definition) is 1. The molecule has 1 N–H and O–H groups in total. The van der Waals surface area contributed by atoms with Crippen LogP contribution in [0.25, 0.3) is 0 Å². The van der Waals surface area contributed by atoms with Crippen LogP contribution >= 0.6 is 46.6 Å². The molecule has 0 saturated carbocycles. The molecule has 0 aliphatic carbocycles. The topological polar surface area (TPSA) is 38.3 Å². The van der Waals surface area contributed by atoms with Crippen molar-refractivity contribution in [3.8, 4) is 5.75 Å². The lowest BCUT2D eigenvalue weighted by Crippen LogP contribution is -2.39. The third-order valence-electron chi connectivity index (χ3n) is 3.92. The molecule has 0 radical (unpaired) electrons. The van der Waals surface area contributed by atoms with Gasteiger partial charge >= 0.3 is 0 Å². The van der Waals surface area contributed by atoms with E-state index in [4.69, 9.17) is 39.5 Å². The minimum absolute atomic E-state index is 0.124. The van der Waals surface area contributed by atoms with Crippen LogP contribution in [0, 0.1) is 6.92 Å². The van der Waals surface area contributed by atoms with Crippen LogP contribution in [0.3, 0.4) is 0 Å². The molecule has 0 aliphatic rings. The van der Waals surface area contributed by atoms with Crippen LogP contribution in [0.5, 0.6) is 5.75 Å². The molecule has 0 fully saturated rings. The van der Waals surface area contributed by atoms with Gasteiger partial charge in [0.05, 0.1) is 0 Å². The summed E-state index contributed by atoms with van der Waals surface area (Å²) in [6.07, 6.45) is 0.0455. The Morgan fingerprint density at radius 3 is 2.48 bits per heavy atom. The number of halogens is 3. The molecule has 146 valence electrons. The van der Waals surface area contributed by atoms with Gasteiger partial charge in [-0.15, -0.1) is 0 Å². The molecular weight excluding hydrogens is 425 g/mol. The van der Waals surface area contributed by atoms with E-state index in [9.17, 15) is 4.79 Å². The Labute approximate surface area is 179 Å². The number of benzene rings is 2. The number of ether oxygens (including phenoxy) is 1. The molecule has 1 unspecified atom stereocenters. The largest absolute Gasteiger partial charge is 0.481 e. The van der Waals surface area contributed by atoms with Gasteiger partial charge in [-0.05, 0) is 54.8 Å². The van der Waals surface area contributed by atoms with Crippen molar-refractivity contribution in [1.82, 2.24) is 5.32 Å². The van der Waals surface area contributed by atoms with Gasteiger partial charge in [0.2, 0.25) is 0 Å². The fraction of sp³-hybridized carbons (Fsp3) is 0.350. The highest BCUT2D eigenvalue weighted by Gasteiger charge is 2.18. The molecule has 0 spiro atoms. The average Bonchev–Trinajstić information content (AvgIpc) is 2.64. The van der Waals surface area contributed by atoms with E-state index < -0.39 is 6.10 Å². The second-order valence-corrected chi connectivity index (χ2v) is 8.30. The zero-order chi connectivity index (χ0) is 19.8. The highest BCUT2D eigenvalue weighted by Crippen LogP contribution is 2.28. The van der Waals surface area contributed by atoms with E-state index in [1.54, 1.807) is 23.9 Å². The number of carbonyl (C=O) groups is 1. The molecule has 0 aromatic heterocycles. The van der Waals surface area contributed by atoms with Crippen molar-refractivity contribution in [2.24, 2.45) is 0 Å². The van der Waals surface area contributed by atoms with E-state index in [2.05, 4.69) is 5.32 Å². The molecule has 2 aromatic rings. The maximum Gasteiger partial charge on any atom is 0.261 e. The van der Waals surface area contributed by atoms with E-state index in [1.165, 1.54) is 0 Å². The molecule has 0 aliphatic heterocycles. The first-order valence-electron chi connectivity index (χ1n) is 8.63. The number of nitrogens with one attached hydrogen (secondary N) is 1. The molecule has 0 saturated heterocycles. The predicted octanol–water partition coefficient (Wildman–Crippen LogP) is 6.16. The van der Waals surface area contributed by atoms with Gasteiger partial charge < -0.3 is 10.1 Å². The number of aryl methyl sites for hydroxylation is 1. The number of hydrogen-bond acceptors (Lipinski definition) is 3. The quantitative estimate of drug-likeness (QED) is 0.469. The molecule has 0 bridgehead atoms. The number of thioether (sulfide) groups is 1. The Morgan fingerprint density at radius 2 is 1.85 bits per heavy atom. The SMILES string of the molecule is CCC(Oc1ccc(Cl)c(C)c1)C(=O)NCCSCc1c(Cl)cccc1Cl. The summed E-state index contributed by atoms with van der Waals surface area (Å²) in [7, 11) is 0. The first-order valence-corrected chi connectivity index (χ1v) is 10.9. The van der Waals surface area contributed by atoms with Crippen LogP contribution in [-0.4, -0.2) is 24.3 Å². The van der Waals surface area contributed by atoms with Gasteiger partial charge in [0, 0.05) is 33.1 Å². The van der Waals surface area contributed by atoms with Crippen molar-refractivity contribution in [3.05, 3.63) is 62.6 Å². The summed E-state index contributed by atoms with van der Waals surface area (Å²) in [4.78, 5) is 12.4. The molecule has 1 atom stereocenters. The molecule has 1 amide bonds. The van der Waals surface area contributed by atoms with Crippen molar-refractivity contribution in [2.45, 2.75) is 32.1 Å². The summed E-state index contributed by atoms with van der Waals surface area (Å²) >= 11 is 20.0. The second-order valence-electron chi connectivity index (χ2n) is 5.97. The van der Waals surface area contributed by atoms with Gasteiger partial charge in [-0.25, -0.2) is 0 Å². The average molecular weight is 447 g/mol. The van der Waals surface area contributed by atoms with Crippen molar-refractivity contribution in [2.75, 3.05) is 12.3 Å². The summed E-state index contributed by atoms with van der Waals surface area (Å²) in [5.74, 6) is 1.97. The van der Waals surface area contributed by atoms with Crippen molar-refractivity contribution in [1.29, 1.82) is 0 Å². The van der Waals surface area contributed by atoms with E-state index in [0.717, 1.165) is 16.9 Å². The van der Waals surface area contributed by atoms with Gasteiger partial charge in [-0.1, -0.05) is 47.8 Å². The summed E-state index contributed by atoms with van der Waals surface area (Å²) in [6, 6.07) is 10.9. The predicted molar refractivity (Wildman–Crippen MR) is 117 cm³/mol. The van der Waals surface area contributed by atoms with Crippen LogP contribution in [0.2, 0.25) is 15.1 Å². The normalized spacial score (nSPS) is 11.9. The van der Waals surface area contributed by atoms with Gasteiger partial charge in [0.1, 0.15) is 5.75 Å². The van der Waals surface area contributed by atoms with Crippen molar-refractivity contribution in [3.63, 3.8) is 0 Å². The highest BCUT2D eigenvalue weighted by molar-refractivity contribution is 7.98. The van der Waals surface area contributed by atoms with Crippen molar-refractivity contribution < 1.29 is 9.53 Å². The Balaban J connectivity index is 1.77. The maximum absolute atomic E-state index is 12.4. The van der Waals surface area contributed by atoms with E-state index >= 15 is 0 Å². The fourth-order valence-electron chi connectivity index (χ4n) is 2.38. The lowest BCUT2D eigenvalue weighted by atomic mass is 10.2. The molecule has 2 aromatic carbocycles. The number of amides is 1. The molecule has 27 heavy (non-hydrogen) atoms. The summed E-state index contributed by atoms with van der Waals surface area (Å²) in [6.45, 7) is 4.37. The van der Waals surface area contributed by atoms with Crippen LogP contribution in [-0.2, 0) is 10.5 Å². The smallest absolute Gasteiger partial charge is 0.261 e. The Morgan fingerprint density at radius 1 is 1.15 bits per heavy atom. The zero-order valence-electron chi connectivity index (χ0n) is 15.2. The van der Waals surface area contributed by atoms with Gasteiger partial charge in [-0.2, -0.15) is 11.8 Å². The molecule has 3 nitrogen and oxygen atoms in total. The molecule has 7 heteroatoms. The number of carbonyl (C=O) groups excluding carboxylic acids is 1. The van der Waals surface area contributed by atoms with Gasteiger partial charge in [0.15, 0.2) is 6.10 Å². The van der Waals surface area contributed by atoms with Crippen LogP contribution in [0.1, 0.15) is 24.5 Å². The molecule has 2 rings (SSSR count). The van der Waals surface area contributed by atoms with Gasteiger partial charge in [0.25, 0.3) is 5.91 Å². The van der Waals surface area contributed by atoms with Crippen LogP contribution in [0.15, 0.2) is 36.4 Å².